The highest BCUT2D eigenvalue weighted by Gasteiger charge is 2.28. The van der Waals surface area contributed by atoms with Gasteiger partial charge in [0.1, 0.15) is 6.10 Å². The van der Waals surface area contributed by atoms with Crippen LogP contribution in [0.15, 0.2) is 0 Å². The van der Waals surface area contributed by atoms with E-state index in [9.17, 15) is 4.79 Å². The molecule has 1 heterocycles. The first-order valence-corrected chi connectivity index (χ1v) is 3.21. The van der Waals surface area contributed by atoms with Gasteiger partial charge in [0.2, 0.25) is 0 Å². The van der Waals surface area contributed by atoms with E-state index in [0.717, 1.165) is 6.42 Å². The number of cyclic esters (lactones) is 1. The predicted molar refractivity (Wildman–Crippen MR) is 33.2 cm³/mol. The van der Waals surface area contributed by atoms with E-state index in [4.69, 9.17) is 4.74 Å². The maximum atomic E-state index is 10.5. The molecule has 0 saturated carbocycles. The van der Waals surface area contributed by atoms with E-state index >= 15 is 0 Å². The first-order chi connectivity index (χ1) is 4.24. The van der Waals surface area contributed by atoms with Crippen LogP contribution in [0, 0.1) is 0 Å². The standard InChI is InChI=1S/C6H11NO2/c1-3-5-4(2)7-6(8)9-5/h4-5H,3H2,1-2H3,(H,7,8)/t4-,5?/m0/s1. The lowest BCUT2D eigenvalue weighted by Crippen LogP contribution is -2.27. The minimum absolute atomic E-state index is 0.0810. The van der Waals surface area contributed by atoms with Crippen LogP contribution in [-0.4, -0.2) is 18.2 Å². The molecule has 52 valence electrons. The van der Waals surface area contributed by atoms with Gasteiger partial charge in [0.25, 0.3) is 0 Å². The highest BCUT2D eigenvalue weighted by atomic mass is 16.6. The molecule has 1 rings (SSSR count). The molecule has 1 N–H and O–H groups in total. The van der Waals surface area contributed by atoms with Crippen LogP contribution < -0.4 is 5.32 Å². The van der Waals surface area contributed by atoms with E-state index in [-0.39, 0.29) is 18.2 Å². The molecule has 2 atom stereocenters. The number of hydrogen-bond donors (Lipinski definition) is 1. The van der Waals surface area contributed by atoms with Crippen LogP contribution in [0.5, 0.6) is 0 Å². The smallest absolute Gasteiger partial charge is 0.407 e. The van der Waals surface area contributed by atoms with Gasteiger partial charge in [-0.05, 0) is 13.3 Å². The van der Waals surface area contributed by atoms with E-state index in [1.807, 2.05) is 13.8 Å². The Balaban J connectivity index is 2.47. The number of ether oxygens (including phenoxy) is 1. The quantitative estimate of drug-likeness (QED) is 0.571. The Morgan fingerprint density at radius 3 is 2.67 bits per heavy atom. The molecule has 3 nitrogen and oxygen atoms in total. The molecule has 0 aromatic heterocycles. The van der Waals surface area contributed by atoms with Crippen molar-refractivity contribution >= 4 is 6.09 Å². The van der Waals surface area contributed by atoms with E-state index in [1.165, 1.54) is 0 Å². The second-order valence-electron chi connectivity index (χ2n) is 2.29. The molecule has 1 amide bonds. The largest absolute Gasteiger partial charge is 0.444 e. The molecular weight excluding hydrogens is 118 g/mol. The van der Waals surface area contributed by atoms with Crippen LogP contribution in [0.4, 0.5) is 4.79 Å². The number of rotatable bonds is 1. The predicted octanol–water partition coefficient (Wildman–Crippen LogP) is 0.893. The van der Waals surface area contributed by atoms with Crippen molar-refractivity contribution in [1.82, 2.24) is 5.32 Å². The first kappa shape index (κ1) is 6.39. The summed E-state index contributed by atoms with van der Waals surface area (Å²) in [4.78, 5) is 10.5. The average molecular weight is 129 g/mol. The molecule has 3 heteroatoms. The van der Waals surface area contributed by atoms with E-state index < -0.39 is 0 Å². The van der Waals surface area contributed by atoms with Gasteiger partial charge in [-0.25, -0.2) is 4.79 Å². The summed E-state index contributed by atoms with van der Waals surface area (Å²) in [5.74, 6) is 0. The Kier molecular flexibility index (Phi) is 1.60. The molecule has 1 fully saturated rings. The maximum absolute atomic E-state index is 10.5. The lowest BCUT2D eigenvalue weighted by molar-refractivity contribution is 0.131. The molecule has 1 aliphatic rings. The third-order valence-corrected chi connectivity index (χ3v) is 1.56. The molecule has 0 bridgehead atoms. The van der Waals surface area contributed by atoms with Gasteiger partial charge in [0, 0.05) is 0 Å². The fourth-order valence-corrected chi connectivity index (χ4v) is 0.989. The zero-order valence-electron chi connectivity index (χ0n) is 5.68. The molecule has 9 heavy (non-hydrogen) atoms. The van der Waals surface area contributed by atoms with Crippen molar-refractivity contribution in [3.05, 3.63) is 0 Å². The van der Waals surface area contributed by atoms with Crippen molar-refractivity contribution < 1.29 is 9.53 Å². The third kappa shape index (κ3) is 1.15. The summed E-state index contributed by atoms with van der Waals surface area (Å²) in [7, 11) is 0. The van der Waals surface area contributed by atoms with Gasteiger partial charge in [0.15, 0.2) is 0 Å². The van der Waals surface area contributed by atoms with Gasteiger partial charge in [-0.1, -0.05) is 6.92 Å². The lowest BCUT2D eigenvalue weighted by atomic mass is 10.1. The van der Waals surface area contributed by atoms with Gasteiger partial charge in [-0.15, -0.1) is 0 Å². The van der Waals surface area contributed by atoms with Gasteiger partial charge in [-0.2, -0.15) is 0 Å². The van der Waals surface area contributed by atoms with E-state index in [1.54, 1.807) is 0 Å². The SMILES string of the molecule is CCC1OC(=O)N[C@H]1C. The van der Waals surface area contributed by atoms with Crippen LogP contribution in [0.3, 0.4) is 0 Å². The highest BCUT2D eigenvalue weighted by molar-refractivity contribution is 5.70. The fourth-order valence-electron chi connectivity index (χ4n) is 0.989. The number of amides is 1. The van der Waals surface area contributed by atoms with Crippen molar-refractivity contribution in [2.24, 2.45) is 0 Å². The van der Waals surface area contributed by atoms with Crippen LogP contribution in [0.2, 0.25) is 0 Å². The molecule has 1 aliphatic heterocycles. The molecule has 0 aliphatic carbocycles. The number of carbonyl (C=O) groups is 1. The number of nitrogens with one attached hydrogen (secondary N) is 1. The summed E-state index contributed by atoms with van der Waals surface area (Å²) < 4.78 is 4.87. The zero-order chi connectivity index (χ0) is 6.85. The number of alkyl carbamates (subject to hydrolysis) is 1. The highest BCUT2D eigenvalue weighted by Crippen LogP contribution is 2.10. The van der Waals surface area contributed by atoms with Crippen molar-refractivity contribution in [1.29, 1.82) is 0 Å². The Labute approximate surface area is 54.4 Å². The minimum atomic E-state index is -0.283. The van der Waals surface area contributed by atoms with Gasteiger partial charge in [0.05, 0.1) is 6.04 Å². The summed E-state index contributed by atoms with van der Waals surface area (Å²) in [6.45, 7) is 3.94. The average Bonchev–Trinajstić information content (AvgIpc) is 2.10. The summed E-state index contributed by atoms with van der Waals surface area (Å²) in [6, 6.07) is 0.183. The van der Waals surface area contributed by atoms with E-state index in [0.29, 0.717) is 0 Å². The van der Waals surface area contributed by atoms with Crippen LogP contribution in [0.25, 0.3) is 0 Å². The molecule has 0 spiro atoms. The Bertz CT molecular complexity index is 124. The van der Waals surface area contributed by atoms with E-state index in [2.05, 4.69) is 5.32 Å². The Morgan fingerprint density at radius 1 is 1.78 bits per heavy atom. The zero-order valence-corrected chi connectivity index (χ0v) is 5.68. The first-order valence-electron chi connectivity index (χ1n) is 3.21. The van der Waals surface area contributed by atoms with Crippen LogP contribution in [-0.2, 0) is 4.74 Å². The maximum Gasteiger partial charge on any atom is 0.407 e. The Morgan fingerprint density at radius 2 is 2.44 bits per heavy atom. The van der Waals surface area contributed by atoms with Crippen LogP contribution >= 0.6 is 0 Å². The van der Waals surface area contributed by atoms with Crippen molar-refractivity contribution in [2.75, 3.05) is 0 Å². The lowest BCUT2D eigenvalue weighted by Gasteiger charge is -2.07. The van der Waals surface area contributed by atoms with Crippen molar-refractivity contribution in [2.45, 2.75) is 32.4 Å². The summed E-state index contributed by atoms with van der Waals surface area (Å²) in [5.41, 5.74) is 0. The number of carbonyl (C=O) groups excluding carboxylic acids is 1. The summed E-state index contributed by atoms with van der Waals surface area (Å²) in [6.07, 6.45) is 0.687. The second-order valence-corrected chi connectivity index (χ2v) is 2.29. The summed E-state index contributed by atoms with van der Waals surface area (Å²) in [5, 5.41) is 2.66. The van der Waals surface area contributed by atoms with Crippen molar-refractivity contribution in [3.63, 3.8) is 0 Å². The second kappa shape index (κ2) is 2.25. The summed E-state index contributed by atoms with van der Waals surface area (Å²) >= 11 is 0. The number of hydrogen-bond acceptors (Lipinski definition) is 2. The molecular formula is C6H11NO2. The molecule has 1 unspecified atom stereocenters. The van der Waals surface area contributed by atoms with Gasteiger partial charge >= 0.3 is 6.09 Å². The molecule has 1 saturated heterocycles. The Hall–Kier alpha value is -0.730. The fraction of sp³-hybridized carbons (Fsp3) is 0.833. The van der Waals surface area contributed by atoms with Crippen LogP contribution in [0.1, 0.15) is 20.3 Å². The topological polar surface area (TPSA) is 38.3 Å². The van der Waals surface area contributed by atoms with Gasteiger partial charge in [-0.3, -0.25) is 0 Å². The van der Waals surface area contributed by atoms with Crippen molar-refractivity contribution in [3.8, 4) is 0 Å². The molecule has 0 aromatic carbocycles. The third-order valence-electron chi connectivity index (χ3n) is 1.56. The molecule has 0 radical (unpaired) electrons. The van der Waals surface area contributed by atoms with Gasteiger partial charge < -0.3 is 10.1 Å². The monoisotopic (exact) mass is 129 g/mol. The normalized spacial score (nSPS) is 33.8. The molecule has 0 aromatic rings. The minimum Gasteiger partial charge on any atom is -0.444 e.